The standard InChI is InChI=1S/C60H72N8O4.Cu/c1-29(2)49(30(3)4)69-41-25-17-21-37-45(41)57-61-53(37)66-58-47-39(23-19-27-43(47)71-51(33(9)10)34(11)12)55(63-58)68-60-48-40(24-20-28-44(48)72-52(35(13)14)36(15)16)56(64-60)67-59-46-38(54(62-59)65-57)22-18-26-42(46)70-50(31(5)6)32(7)8;/h17-36,49-52H,1-16H3;/q-2;+2. The Labute approximate surface area is 441 Å². The molecule has 0 atom stereocenters. The van der Waals surface area contributed by atoms with Gasteiger partial charge >= 0.3 is 17.1 Å². The minimum Gasteiger partial charge on any atom is -0.489 e. The van der Waals surface area contributed by atoms with Crippen molar-refractivity contribution < 1.29 is 36.0 Å². The molecule has 0 aliphatic carbocycles. The molecule has 12 nitrogen and oxygen atoms in total. The predicted molar refractivity (Wildman–Crippen MR) is 290 cm³/mol. The Balaban J connectivity index is 0.00000711. The summed E-state index contributed by atoms with van der Waals surface area (Å²) < 4.78 is 27.9. The fourth-order valence-electron chi connectivity index (χ4n) is 10.9. The molecule has 13 heteroatoms. The molecule has 3 aromatic heterocycles. The molecule has 2 aliphatic rings. The molecule has 0 amide bonds. The summed E-state index contributed by atoms with van der Waals surface area (Å²) in [5.41, 5.74) is 4.68. The molecule has 73 heavy (non-hydrogen) atoms. The first-order valence-corrected chi connectivity index (χ1v) is 26.2. The largest absolute Gasteiger partial charge is 2.00 e. The molecule has 0 unspecified atom stereocenters. The van der Waals surface area contributed by atoms with Crippen molar-refractivity contribution in [1.29, 1.82) is 0 Å². The summed E-state index contributed by atoms with van der Waals surface area (Å²) in [7, 11) is 0. The van der Waals surface area contributed by atoms with E-state index in [1.165, 1.54) is 0 Å². The zero-order valence-electron chi connectivity index (χ0n) is 45.4. The molecule has 0 saturated heterocycles. The number of nitrogens with zero attached hydrogens (tertiary/aromatic N) is 8. The molecule has 2 aliphatic heterocycles. The Bertz CT molecular complexity index is 3050. The van der Waals surface area contributed by atoms with Crippen LogP contribution in [-0.2, 0) is 17.1 Å². The van der Waals surface area contributed by atoms with Gasteiger partial charge in [-0.25, -0.2) is 9.97 Å². The monoisotopic (exact) mass is 1030 g/mol. The van der Waals surface area contributed by atoms with Crippen molar-refractivity contribution in [1.82, 2.24) is 39.9 Å². The van der Waals surface area contributed by atoms with E-state index in [9.17, 15) is 0 Å². The Morgan fingerprint density at radius 3 is 0.904 bits per heavy atom. The van der Waals surface area contributed by atoms with E-state index < -0.39 is 0 Å². The van der Waals surface area contributed by atoms with E-state index in [-0.39, 0.29) is 88.8 Å². The van der Waals surface area contributed by atoms with Crippen molar-refractivity contribution in [2.75, 3.05) is 0 Å². The van der Waals surface area contributed by atoms with Gasteiger partial charge in [-0.1, -0.05) is 159 Å². The molecule has 9 rings (SSSR count). The van der Waals surface area contributed by atoms with Gasteiger partial charge < -0.3 is 48.9 Å². The molecule has 5 heterocycles. The number of aromatic nitrogens is 8. The van der Waals surface area contributed by atoms with Crippen LogP contribution in [0, 0.1) is 47.3 Å². The zero-order valence-corrected chi connectivity index (χ0v) is 46.3. The maximum atomic E-state index is 6.99. The Morgan fingerprint density at radius 1 is 0.315 bits per heavy atom. The molecule has 387 valence electrons. The molecule has 0 fully saturated rings. The molecule has 7 aromatic rings. The van der Waals surface area contributed by atoms with Gasteiger partial charge in [0.1, 0.15) is 47.4 Å². The number of rotatable bonds is 16. The maximum Gasteiger partial charge on any atom is 2.00 e. The zero-order chi connectivity index (χ0) is 51.4. The minimum absolute atomic E-state index is 0. The van der Waals surface area contributed by atoms with Crippen LogP contribution >= 0.6 is 0 Å². The average molecular weight is 1030 g/mol. The molecular formula is C60H72CuN8O4. The first-order valence-electron chi connectivity index (χ1n) is 26.2. The average Bonchev–Trinajstić information content (AvgIpc) is 4.06. The minimum atomic E-state index is -0.0817. The van der Waals surface area contributed by atoms with Crippen LogP contribution < -0.4 is 28.9 Å². The Hall–Kier alpha value is -6.04. The third-order valence-corrected chi connectivity index (χ3v) is 14.0. The van der Waals surface area contributed by atoms with Gasteiger partial charge in [-0.2, -0.15) is 0 Å². The number of hydrogen-bond acceptors (Lipinski definition) is 10. The molecular weight excluding hydrogens is 960 g/mol. The normalized spacial score (nSPS) is 12.7. The molecule has 1 radical (unpaired) electrons. The van der Waals surface area contributed by atoms with Gasteiger partial charge in [0.2, 0.25) is 0 Å². The van der Waals surface area contributed by atoms with E-state index in [1.807, 2.05) is 72.8 Å². The van der Waals surface area contributed by atoms with Crippen LogP contribution in [0.4, 0.5) is 0 Å². The third-order valence-electron chi connectivity index (χ3n) is 14.0. The van der Waals surface area contributed by atoms with E-state index in [4.69, 9.17) is 58.8 Å². The van der Waals surface area contributed by atoms with Crippen molar-refractivity contribution >= 4 is 44.1 Å². The summed E-state index contributed by atoms with van der Waals surface area (Å²) in [4.78, 5) is 42.7. The summed E-state index contributed by atoms with van der Waals surface area (Å²) >= 11 is 0. The predicted octanol–water partition coefficient (Wildman–Crippen LogP) is 14.4. The van der Waals surface area contributed by atoms with Crippen LogP contribution in [0.15, 0.2) is 72.8 Å². The van der Waals surface area contributed by atoms with Crippen LogP contribution in [0.3, 0.4) is 0 Å². The first-order chi connectivity index (χ1) is 34.3. The van der Waals surface area contributed by atoms with Gasteiger partial charge in [0.25, 0.3) is 0 Å². The van der Waals surface area contributed by atoms with E-state index in [1.54, 1.807) is 0 Å². The van der Waals surface area contributed by atoms with E-state index in [0.717, 1.165) is 43.8 Å². The van der Waals surface area contributed by atoms with Crippen molar-refractivity contribution in [3.63, 3.8) is 0 Å². The number of hydrogen-bond donors (Lipinski definition) is 0. The fraction of sp³-hybridized carbons (Fsp3) is 0.467. The van der Waals surface area contributed by atoms with E-state index in [0.29, 0.717) is 68.9 Å². The van der Waals surface area contributed by atoms with E-state index >= 15 is 0 Å². The van der Waals surface area contributed by atoms with Crippen molar-refractivity contribution in [2.24, 2.45) is 47.3 Å². The number of ether oxygens (including phenoxy) is 4. The van der Waals surface area contributed by atoms with Crippen LogP contribution in [-0.4, -0.2) is 54.3 Å². The van der Waals surface area contributed by atoms with Gasteiger partial charge in [0.15, 0.2) is 0 Å². The molecule has 0 saturated carbocycles. The van der Waals surface area contributed by atoms with Crippen LogP contribution in [0.1, 0.15) is 111 Å². The van der Waals surface area contributed by atoms with Crippen molar-refractivity contribution in [3.8, 4) is 68.5 Å². The second kappa shape index (κ2) is 21.4. The second-order valence-electron chi connectivity index (χ2n) is 22.5. The van der Waals surface area contributed by atoms with Gasteiger partial charge in [0.05, 0.1) is 34.4 Å². The van der Waals surface area contributed by atoms with E-state index in [2.05, 4.69) is 111 Å². The molecule has 8 bridgehead atoms. The van der Waals surface area contributed by atoms with Gasteiger partial charge in [-0.05, 0) is 82.4 Å². The summed E-state index contributed by atoms with van der Waals surface area (Å²) in [5.74, 6) is 6.27. The maximum absolute atomic E-state index is 6.99. The Kier molecular flexibility index (Phi) is 15.6. The SMILES string of the molecule is CC(C)C(Oc1cccc2c1-c1nc-2nc2[n-]c(nc3nc(nc4[n-]c(n1)c1cccc(OC(C(C)C)C(C)C)c41)-c1cccc(OC(C(C)C)C(C)C)c1-3)c1cccc(OC(C(C)C)C(C)C)c21)C(C)C.[Cu+2]. The third kappa shape index (κ3) is 10.3. The van der Waals surface area contributed by atoms with Gasteiger partial charge in [-0.3, -0.25) is 0 Å². The van der Waals surface area contributed by atoms with Gasteiger partial charge in [-0.15, -0.1) is 0 Å². The number of benzene rings is 4. The summed E-state index contributed by atoms with van der Waals surface area (Å²) in [5, 5.41) is 2.98. The molecule has 0 spiro atoms. The molecule has 0 N–H and O–H groups in total. The Morgan fingerprint density at radius 2 is 0.589 bits per heavy atom. The second-order valence-corrected chi connectivity index (χ2v) is 22.5. The summed E-state index contributed by atoms with van der Waals surface area (Å²) in [6.45, 7) is 35.0. The van der Waals surface area contributed by atoms with Crippen LogP contribution in [0.25, 0.3) is 89.7 Å². The van der Waals surface area contributed by atoms with Crippen LogP contribution in [0.2, 0.25) is 0 Å². The first kappa shape index (κ1) is 53.3. The smallest absolute Gasteiger partial charge is 0.489 e. The quantitative estimate of drug-likeness (QED) is 0.0850. The number of fused-ring (bicyclic) bond motifs is 20. The van der Waals surface area contributed by atoms with Gasteiger partial charge in [0, 0.05) is 44.5 Å². The summed E-state index contributed by atoms with van der Waals surface area (Å²) in [6.07, 6.45) is -0.327. The summed E-state index contributed by atoms with van der Waals surface area (Å²) in [6, 6.07) is 24.0. The van der Waals surface area contributed by atoms with Crippen molar-refractivity contribution in [2.45, 2.75) is 135 Å². The van der Waals surface area contributed by atoms with Crippen molar-refractivity contribution in [3.05, 3.63) is 72.8 Å². The van der Waals surface area contributed by atoms with Crippen LogP contribution in [0.5, 0.6) is 23.0 Å². The fourth-order valence-corrected chi connectivity index (χ4v) is 10.9. The molecule has 4 aromatic carbocycles. The topological polar surface area (TPSA) is 142 Å².